The van der Waals surface area contributed by atoms with Gasteiger partial charge in [0.05, 0.1) is 30.7 Å². The van der Waals surface area contributed by atoms with Crippen molar-refractivity contribution in [3.8, 4) is 17.6 Å². The van der Waals surface area contributed by atoms with E-state index in [2.05, 4.69) is 53.6 Å². The molecule has 0 amide bonds. The van der Waals surface area contributed by atoms with E-state index in [1.807, 2.05) is 32.0 Å². The van der Waals surface area contributed by atoms with Gasteiger partial charge in [0, 0.05) is 7.05 Å². The van der Waals surface area contributed by atoms with Crippen molar-refractivity contribution in [3.63, 3.8) is 0 Å². The second-order valence-electron chi connectivity index (χ2n) is 12.6. The summed E-state index contributed by atoms with van der Waals surface area (Å²) < 4.78 is 11.5. The van der Waals surface area contributed by atoms with Gasteiger partial charge in [0.1, 0.15) is 11.5 Å². The van der Waals surface area contributed by atoms with E-state index in [1.165, 1.54) is 82.6 Å². The highest BCUT2D eigenvalue weighted by Crippen LogP contribution is 2.37. The lowest BCUT2D eigenvalue weighted by Crippen LogP contribution is -2.25. The van der Waals surface area contributed by atoms with Crippen molar-refractivity contribution in [1.82, 2.24) is 0 Å². The number of ether oxygens (including phenoxy) is 2. The average Bonchev–Trinajstić information content (AvgIpc) is 3.05. The molecular weight excluding hydrogens is 554 g/mol. The normalized spacial score (nSPS) is 13.4. The molecule has 2 aromatic rings. The third-order valence-corrected chi connectivity index (χ3v) is 9.01. The molecule has 0 aliphatic rings. The van der Waals surface area contributed by atoms with Crippen LogP contribution < -0.4 is 9.47 Å². The Hall–Kier alpha value is -2.87. The van der Waals surface area contributed by atoms with Gasteiger partial charge in [-0.05, 0) is 87.8 Å². The molecule has 5 nitrogen and oxygen atoms in total. The molecule has 0 aliphatic carbocycles. The molecule has 2 unspecified atom stereocenters. The number of rotatable bonds is 27. The van der Waals surface area contributed by atoms with Crippen LogP contribution in [0.3, 0.4) is 0 Å². The number of nitrogens with zero attached hydrogens (tertiary/aromatic N) is 3. The van der Waals surface area contributed by atoms with Gasteiger partial charge >= 0.3 is 0 Å². The van der Waals surface area contributed by atoms with Crippen molar-refractivity contribution < 1.29 is 9.47 Å². The van der Waals surface area contributed by atoms with Gasteiger partial charge in [-0.25, -0.2) is 0 Å². The highest BCUT2D eigenvalue weighted by Gasteiger charge is 2.32. The summed E-state index contributed by atoms with van der Waals surface area (Å²) in [6.45, 7) is 7.60. The average molecular weight is 618 g/mol. The summed E-state index contributed by atoms with van der Waals surface area (Å²) in [6.07, 6.45) is 22.7. The zero-order chi connectivity index (χ0) is 32.4. The van der Waals surface area contributed by atoms with E-state index in [0.29, 0.717) is 13.2 Å². The Bertz CT molecular complexity index is 1090. The quantitative estimate of drug-likeness (QED) is 0.0739. The molecule has 0 heterocycles. The van der Waals surface area contributed by atoms with Gasteiger partial charge in [-0.15, -0.1) is 0 Å². The monoisotopic (exact) mass is 617 g/mol. The minimum atomic E-state index is -0.509. The number of nitriles is 1. The minimum absolute atomic E-state index is 0.147. The van der Waals surface area contributed by atoms with Gasteiger partial charge in [-0.2, -0.15) is 15.5 Å². The Morgan fingerprint density at radius 3 is 1.82 bits per heavy atom. The first kappa shape index (κ1) is 38.3. The van der Waals surface area contributed by atoms with E-state index in [9.17, 15) is 5.26 Å². The number of hydrogen-bond acceptors (Lipinski definition) is 5. The van der Waals surface area contributed by atoms with Crippen LogP contribution in [0.2, 0.25) is 0 Å². The van der Waals surface area contributed by atoms with Crippen molar-refractivity contribution in [2.75, 3.05) is 20.3 Å². The molecular formula is C40H63N3O2. The highest BCUT2D eigenvalue weighted by molar-refractivity contribution is 5.38. The Morgan fingerprint density at radius 2 is 1.24 bits per heavy atom. The molecule has 0 spiro atoms. The molecule has 0 aliphatic heterocycles. The van der Waals surface area contributed by atoms with Crippen LogP contribution in [0, 0.1) is 11.3 Å². The topological polar surface area (TPSA) is 67.0 Å². The fourth-order valence-corrected chi connectivity index (χ4v) is 6.44. The maximum atomic E-state index is 10.7. The lowest BCUT2D eigenvalue weighted by Gasteiger charge is -2.28. The summed E-state index contributed by atoms with van der Waals surface area (Å²) in [5.41, 5.74) is 1.85. The first-order chi connectivity index (χ1) is 22.1. The van der Waals surface area contributed by atoms with Crippen LogP contribution in [0.1, 0.15) is 147 Å². The Kier molecular flexibility index (Phi) is 20.8. The van der Waals surface area contributed by atoms with Crippen molar-refractivity contribution in [2.45, 2.75) is 154 Å². The predicted molar refractivity (Wildman–Crippen MR) is 190 cm³/mol. The summed E-state index contributed by atoms with van der Waals surface area (Å²) in [7, 11) is 1.76. The SMILES string of the molecule is CCCCCCCCCCCCCCCC(C#N)(CCCC(CCc1cccc(OCC)c1)N=NC)c1cccc(OCC)c1. The number of hydrogen-bond donors (Lipinski definition) is 0. The van der Waals surface area contributed by atoms with Gasteiger partial charge in [0.15, 0.2) is 0 Å². The lowest BCUT2D eigenvalue weighted by atomic mass is 9.73. The van der Waals surface area contributed by atoms with Gasteiger partial charge < -0.3 is 9.47 Å². The van der Waals surface area contributed by atoms with Crippen LogP contribution >= 0.6 is 0 Å². The van der Waals surface area contributed by atoms with Gasteiger partial charge in [0.2, 0.25) is 0 Å². The van der Waals surface area contributed by atoms with E-state index in [1.54, 1.807) is 7.05 Å². The lowest BCUT2D eigenvalue weighted by molar-refractivity contribution is 0.337. The first-order valence-corrected chi connectivity index (χ1v) is 18.3. The molecule has 0 aromatic heterocycles. The molecule has 0 saturated heterocycles. The number of benzene rings is 2. The summed E-state index contributed by atoms with van der Waals surface area (Å²) >= 11 is 0. The molecule has 0 N–H and O–H groups in total. The Morgan fingerprint density at radius 1 is 0.689 bits per heavy atom. The maximum Gasteiger partial charge on any atom is 0.119 e. The van der Waals surface area contributed by atoms with Crippen LogP contribution in [-0.2, 0) is 11.8 Å². The largest absolute Gasteiger partial charge is 0.494 e. The standard InChI is InChI=1S/C40H63N3O2/c1-5-8-9-10-11-12-13-14-15-16-17-18-19-30-40(34-41,36-24-21-27-39(33-36)45-7-3)31-22-25-37(43-42-4)29-28-35-23-20-26-38(32-35)44-6-2/h20-21,23-24,26-27,32-33,37H,5-19,22,25,28-31H2,1-4H3. The van der Waals surface area contributed by atoms with E-state index < -0.39 is 5.41 Å². The summed E-state index contributed by atoms with van der Waals surface area (Å²) in [4.78, 5) is 0. The van der Waals surface area contributed by atoms with E-state index in [0.717, 1.165) is 62.0 Å². The van der Waals surface area contributed by atoms with Crippen molar-refractivity contribution in [3.05, 3.63) is 59.7 Å². The summed E-state index contributed by atoms with van der Waals surface area (Å²) in [5.74, 6) is 1.77. The smallest absolute Gasteiger partial charge is 0.119 e. The third-order valence-electron chi connectivity index (χ3n) is 9.01. The third kappa shape index (κ3) is 15.8. The van der Waals surface area contributed by atoms with Crippen LogP contribution in [0.15, 0.2) is 58.8 Å². The minimum Gasteiger partial charge on any atom is -0.494 e. The molecule has 2 atom stereocenters. The van der Waals surface area contributed by atoms with E-state index in [-0.39, 0.29) is 6.04 Å². The Labute approximate surface area is 276 Å². The molecule has 0 saturated carbocycles. The van der Waals surface area contributed by atoms with Crippen LogP contribution in [0.25, 0.3) is 0 Å². The van der Waals surface area contributed by atoms with Gasteiger partial charge in [-0.1, -0.05) is 115 Å². The van der Waals surface area contributed by atoms with Crippen LogP contribution in [0.5, 0.6) is 11.5 Å². The molecule has 0 fully saturated rings. The van der Waals surface area contributed by atoms with Crippen molar-refractivity contribution >= 4 is 0 Å². The zero-order valence-corrected chi connectivity index (χ0v) is 29.2. The van der Waals surface area contributed by atoms with Crippen molar-refractivity contribution in [1.29, 1.82) is 5.26 Å². The highest BCUT2D eigenvalue weighted by atomic mass is 16.5. The second-order valence-corrected chi connectivity index (χ2v) is 12.6. The maximum absolute atomic E-state index is 10.7. The second kappa shape index (κ2) is 24.4. The molecule has 45 heavy (non-hydrogen) atoms. The molecule has 2 rings (SSSR count). The fraction of sp³-hybridized carbons (Fsp3) is 0.675. The molecule has 250 valence electrons. The fourth-order valence-electron chi connectivity index (χ4n) is 6.44. The summed E-state index contributed by atoms with van der Waals surface area (Å²) in [5, 5.41) is 19.4. The predicted octanol–water partition coefficient (Wildman–Crippen LogP) is 12.0. The molecule has 0 radical (unpaired) electrons. The van der Waals surface area contributed by atoms with Gasteiger partial charge in [-0.3, -0.25) is 0 Å². The molecule has 5 heteroatoms. The van der Waals surface area contributed by atoms with Crippen molar-refractivity contribution in [2.24, 2.45) is 10.2 Å². The number of azo groups is 1. The van der Waals surface area contributed by atoms with Crippen LogP contribution in [0.4, 0.5) is 0 Å². The van der Waals surface area contributed by atoms with Gasteiger partial charge in [0.25, 0.3) is 0 Å². The zero-order valence-electron chi connectivity index (χ0n) is 29.2. The molecule has 0 bridgehead atoms. The number of unbranched alkanes of at least 4 members (excludes halogenated alkanes) is 12. The Balaban J connectivity index is 1.91. The van der Waals surface area contributed by atoms with Crippen LogP contribution in [-0.4, -0.2) is 26.3 Å². The van der Waals surface area contributed by atoms with E-state index >= 15 is 0 Å². The summed E-state index contributed by atoms with van der Waals surface area (Å²) in [6, 6.07) is 19.6. The number of aryl methyl sites for hydroxylation is 1. The molecule has 2 aromatic carbocycles. The van der Waals surface area contributed by atoms with E-state index in [4.69, 9.17) is 9.47 Å². The first-order valence-electron chi connectivity index (χ1n) is 18.3.